The Kier molecular flexibility index (Phi) is 18.9. The van der Waals surface area contributed by atoms with Crippen LogP contribution in [0.25, 0.3) is 0 Å². The highest BCUT2D eigenvalue weighted by molar-refractivity contribution is 6.67. The number of hydrogen-bond donors (Lipinski definition) is 1. The van der Waals surface area contributed by atoms with Gasteiger partial charge in [-0.3, -0.25) is 9.59 Å². The van der Waals surface area contributed by atoms with E-state index in [0.717, 1.165) is 25.1 Å². The van der Waals surface area contributed by atoms with Crippen molar-refractivity contribution in [2.75, 3.05) is 19.0 Å². The van der Waals surface area contributed by atoms with Crippen LogP contribution in [0.3, 0.4) is 0 Å². The highest BCUT2D eigenvalue weighted by Gasteiger charge is 2.01. The molecule has 4 nitrogen and oxygen atoms in total. The number of unbranched alkanes of at least 4 members (excludes halogenated alkanes) is 12. The third-order valence-corrected chi connectivity index (χ3v) is 5.44. The van der Waals surface area contributed by atoms with E-state index in [0.29, 0.717) is 12.0 Å². The number of nitrogens with one attached hydrogen (secondary N) is 1. The fourth-order valence-electron chi connectivity index (χ4n) is 3.39. The topological polar surface area (TPSA) is 55.4 Å². The molecule has 0 atom stereocenters. The molecule has 0 unspecified atom stereocenters. The Hall–Kier alpha value is -1.26. The summed E-state index contributed by atoms with van der Waals surface area (Å²) in [4.78, 5) is 22.0. The maximum atomic E-state index is 11.0. The van der Waals surface area contributed by atoms with Crippen molar-refractivity contribution in [3.8, 4) is 0 Å². The molecule has 0 aliphatic carbocycles. The zero-order valence-corrected chi connectivity index (χ0v) is 20.0. The summed E-state index contributed by atoms with van der Waals surface area (Å²) >= 11 is 5.44. The number of rotatable bonds is 18. The number of carbonyl (C=O) groups excluding carboxylic acids is 2. The van der Waals surface area contributed by atoms with E-state index >= 15 is 0 Å². The van der Waals surface area contributed by atoms with Crippen LogP contribution in [0.15, 0.2) is 24.3 Å². The van der Waals surface area contributed by atoms with E-state index in [9.17, 15) is 9.59 Å². The predicted molar refractivity (Wildman–Crippen MR) is 129 cm³/mol. The van der Waals surface area contributed by atoms with Gasteiger partial charge < -0.3 is 10.1 Å². The minimum Gasteiger partial charge on any atom is -0.469 e. The van der Waals surface area contributed by atoms with Crippen molar-refractivity contribution in [2.45, 2.75) is 89.9 Å². The zero-order valence-electron chi connectivity index (χ0n) is 18.4. The van der Waals surface area contributed by atoms with E-state index in [1.807, 2.05) is 12.1 Å². The van der Waals surface area contributed by atoms with Crippen molar-refractivity contribution < 1.29 is 14.3 Å². The van der Waals surface area contributed by atoms with E-state index in [1.54, 1.807) is 12.1 Å². The average Bonchev–Trinajstić information content (AvgIpc) is 2.73. The second-order valence-electron chi connectivity index (χ2n) is 7.70. The van der Waals surface area contributed by atoms with Crippen molar-refractivity contribution in [1.29, 1.82) is 0 Å². The van der Waals surface area contributed by atoms with Crippen LogP contribution in [-0.4, -0.2) is 24.9 Å². The lowest BCUT2D eigenvalue weighted by Gasteiger charge is -2.07. The molecule has 1 aromatic carbocycles. The molecule has 0 aromatic heterocycles. The molecule has 0 heterocycles. The summed E-state index contributed by atoms with van der Waals surface area (Å²) < 4.78 is 4.64. The summed E-state index contributed by atoms with van der Waals surface area (Å²) in [5, 5.41) is 2.97. The van der Waals surface area contributed by atoms with E-state index < -0.39 is 5.24 Å². The zero-order chi connectivity index (χ0) is 21.2. The van der Waals surface area contributed by atoms with Gasteiger partial charge in [0.25, 0.3) is 5.24 Å². The van der Waals surface area contributed by atoms with Crippen LogP contribution in [0.5, 0.6) is 0 Å². The fourth-order valence-corrected chi connectivity index (χ4v) is 3.52. The molecule has 0 bridgehead atoms. The molecule has 1 aromatic rings. The number of hydrogen-bond acceptors (Lipinski definition) is 4. The van der Waals surface area contributed by atoms with Gasteiger partial charge in [-0.1, -0.05) is 70.6 Å². The molecule has 0 saturated carbocycles. The third-order valence-electron chi connectivity index (χ3n) is 5.23. The molecule has 1 rings (SSSR count). The number of halogens is 2. The van der Waals surface area contributed by atoms with Gasteiger partial charge in [0.15, 0.2) is 0 Å². The normalized spacial score (nSPS) is 10.3. The van der Waals surface area contributed by atoms with Crippen LogP contribution in [0.2, 0.25) is 0 Å². The molecule has 0 saturated heterocycles. The van der Waals surface area contributed by atoms with Crippen molar-refractivity contribution >= 4 is 40.9 Å². The largest absolute Gasteiger partial charge is 0.469 e. The number of anilines is 1. The minimum absolute atomic E-state index is 0. The summed E-state index contributed by atoms with van der Waals surface area (Å²) in [5.41, 5.74) is 1.57. The summed E-state index contributed by atoms with van der Waals surface area (Å²) in [6.45, 7) is 0.966. The Bertz CT molecular complexity index is 564. The van der Waals surface area contributed by atoms with Crippen molar-refractivity contribution in [3.63, 3.8) is 0 Å². The maximum Gasteiger partial charge on any atom is 0.305 e. The van der Waals surface area contributed by atoms with Gasteiger partial charge in [-0.15, -0.1) is 12.4 Å². The number of esters is 1. The quantitative estimate of drug-likeness (QED) is 0.140. The highest BCUT2D eigenvalue weighted by Crippen LogP contribution is 2.14. The number of carbonyl (C=O) groups is 2. The number of benzene rings is 1. The molecule has 0 amide bonds. The lowest BCUT2D eigenvalue weighted by molar-refractivity contribution is -0.140. The molecular formula is C24H39Cl2NO3. The summed E-state index contributed by atoms with van der Waals surface area (Å²) in [6.07, 6.45) is 17.0. The monoisotopic (exact) mass is 459 g/mol. The molecule has 0 aliphatic heterocycles. The Morgan fingerprint density at radius 2 is 1.20 bits per heavy atom. The van der Waals surface area contributed by atoms with Crippen LogP contribution in [0, 0.1) is 0 Å². The Morgan fingerprint density at radius 1 is 0.767 bits per heavy atom. The highest BCUT2D eigenvalue weighted by atomic mass is 35.5. The van der Waals surface area contributed by atoms with Gasteiger partial charge in [0.2, 0.25) is 0 Å². The van der Waals surface area contributed by atoms with Gasteiger partial charge in [0.05, 0.1) is 7.11 Å². The predicted octanol–water partition coefficient (Wildman–Crippen LogP) is 7.53. The Morgan fingerprint density at radius 3 is 1.63 bits per heavy atom. The Labute approximate surface area is 193 Å². The molecule has 0 radical (unpaired) electrons. The van der Waals surface area contributed by atoms with E-state index in [-0.39, 0.29) is 18.4 Å². The van der Waals surface area contributed by atoms with Crippen LogP contribution in [0.4, 0.5) is 5.69 Å². The first-order valence-corrected chi connectivity index (χ1v) is 11.6. The summed E-state index contributed by atoms with van der Waals surface area (Å²) in [6, 6.07) is 7.31. The van der Waals surface area contributed by atoms with Gasteiger partial charge in [-0.2, -0.15) is 0 Å². The van der Waals surface area contributed by atoms with Crippen molar-refractivity contribution in [3.05, 3.63) is 29.8 Å². The summed E-state index contributed by atoms with van der Waals surface area (Å²) in [7, 11) is 1.45. The van der Waals surface area contributed by atoms with Crippen LogP contribution < -0.4 is 5.32 Å². The smallest absolute Gasteiger partial charge is 0.305 e. The van der Waals surface area contributed by atoms with E-state index in [4.69, 9.17) is 11.6 Å². The first-order chi connectivity index (χ1) is 14.1. The lowest BCUT2D eigenvalue weighted by Crippen LogP contribution is -2.01. The first-order valence-electron chi connectivity index (χ1n) is 11.2. The standard InChI is InChI=1S/C24H38ClNO3.ClH/c1-29-23(27)15-13-11-9-7-5-3-2-4-6-8-10-12-14-20-26-22-18-16-21(17-19-22)24(25)28;/h16-19,26H,2-15,20H2,1H3;1H. The molecule has 0 aliphatic rings. The minimum atomic E-state index is -0.413. The molecule has 0 spiro atoms. The first kappa shape index (κ1) is 28.7. The van der Waals surface area contributed by atoms with Gasteiger partial charge in [-0.05, 0) is 48.7 Å². The molecule has 1 N–H and O–H groups in total. The molecule has 30 heavy (non-hydrogen) atoms. The second kappa shape index (κ2) is 19.7. The molecule has 6 heteroatoms. The molecular weight excluding hydrogens is 421 g/mol. The summed E-state index contributed by atoms with van der Waals surface area (Å²) in [5.74, 6) is -0.0857. The van der Waals surface area contributed by atoms with E-state index in [2.05, 4.69) is 10.1 Å². The third kappa shape index (κ3) is 15.6. The van der Waals surface area contributed by atoms with Crippen molar-refractivity contribution in [2.24, 2.45) is 0 Å². The average molecular weight is 460 g/mol. The number of methoxy groups -OCH3 is 1. The van der Waals surface area contributed by atoms with Crippen molar-refractivity contribution in [1.82, 2.24) is 0 Å². The molecule has 0 fully saturated rings. The van der Waals surface area contributed by atoms with E-state index in [1.165, 1.54) is 77.7 Å². The van der Waals surface area contributed by atoms with Gasteiger partial charge in [0.1, 0.15) is 0 Å². The maximum absolute atomic E-state index is 11.0. The lowest BCUT2D eigenvalue weighted by atomic mass is 10.0. The SMILES string of the molecule is COC(=O)CCCCCCCCCCCCCCCNc1ccc(C(=O)Cl)cc1.Cl. The van der Waals surface area contributed by atoms with Gasteiger partial charge in [0, 0.05) is 24.2 Å². The van der Waals surface area contributed by atoms with Crippen LogP contribution in [0.1, 0.15) is 100 Å². The van der Waals surface area contributed by atoms with Gasteiger partial charge >= 0.3 is 5.97 Å². The van der Waals surface area contributed by atoms with Crippen LogP contribution in [-0.2, 0) is 9.53 Å². The second-order valence-corrected chi connectivity index (χ2v) is 8.04. The Balaban J connectivity index is 0.00000841. The number of ether oxygens (including phenoxy) is 1. The fraction of sp³-hybridized carbons (Fsp3) is 0.667. The van der Waals surface area contributed by atoms with Gasteiger partial charge in [-0.25, -0.2) is 0 Å². The van der Waals surface area contributed by atoms with Crippen LogP contribution >= 0.6 is 24.0 Å². The molecule has 172 valence electrons.